The third-order valence-corrected chi connectivity index (χ3v) is 2.07. The van der Waals surface area contributed by atoms with Crippen molar-refractivity contribution >= 4 is 0 Å². The molecule has 0 aliphatic carbocycles. The predicted molar refractivity (Wildman–Crippen MR) is 64.4 cm³/mol. The summed E-state index contributed by atoms with van der Waals surface area (Å²) >= 11 is 0. The molecule has 16 heavy (non-hydrogen) atoms. The van der Waals surface area contributed by atoms with Crippen molar-refractivity contribution < 1.29 is 9.84 Å². The van der Waals surface area contributed by atoms with Crippen LogP contribution in [0.1, 0.15) is 5.56 Å². The summed E-state index contributed by atoms with van der Waals surface area (Å²) in [6, 6.07) is 7.71. The van der Waals surface area contributed by atoms with Crippen LogP contribution < -0.4 is 10.1 Å². The van der Waals surface area contributed by atoms with Crippen molar-refractivity contribution in [2.75, 3.05) is 19.7 Å². The van der Waals surface area contributed by atoms with Crippen LogP contribution in [0.25, 0.3) is 0 Å². The normalized spacial score (nSPS) is 11.8. The smallest absolute Gasteiger partial charge is 0.119 e. The second-order valence-electron chi connectivity index (χ2n) is 3.61. The Balaban J connectivity index is 2.23. The van der Waals surface area contributed by atoms with Gasteiger partial charge in [-0.05, 0) is 19.1 Å². The minimum atomic E-state index is -0.547. The molecule has 1 atom stereocenters. The molecule has 0 saturated carbocycles. The van der Waals surface area contributed by atoms with Gasteiger partial charge in [-0.1, -0.05) is 23.6 Å². The highest BCUT2D eigenvalue weighted by Gasteiger charge is 2.03. The molecule has 0 spiro atoms. The lowest BCUT2D eigenvalue weighted by molar-refractivity contribution is 0.107. The molecule has 0 heterocycles. The highest BCUT2D eigenvalue weighted by Crippen LogP contribution is 2.11. The molecule has 0 radical (unpaired) electrons. The van der Waals surface area contributed by atoms with Crippen molar-refractivity contribution in [1.29, 1.82) is 0 Å². The van der Waals surface area contributed by atoms with E-state index in [1.807, 2.05) is 31.2 Å². The molecular weight excluding hydrogens is 202 g/mol. The monoisotopic (exact) mass is 219 g/mol. The highest BCUT2D eigenvalue weighted by atomic mass is 16.5. The van der Waals surface area contributed by atoms with Gasteiger partial charge in [0.15, 0.2) is 0 Å². The Morgan fingerprint density at radius 3 is 2.75 bits per heavy atom. The fourth-order valence-electron chi connectivity index (χ4n) is 1.20. The lowest BCUT2D eigenvalue weighted by Crippen LogP contribution is -2.31. The largest absolute Gasteiger partial charge is 0.491 e. The van der Waals surface area contributed by atoms with Crippen LogP contribution in [0.4, 0.5) is 0 Å². The summed E-state index contributed by atoms with van der Waals surface area (Å²) in [4.78, 5) is 0. The van der Waals surface area contributed by atoms with Crippen molar-refractivity contribution in [2.45, 2.75) is 13.0 Å². The van der Waals surface area contributed by atoms with Crippen LogP contribution in [0.5, 0.6) is 5.75 Å². The van der Waals surface area contributed by atoms with E-state index in [4.69, 9.17) is 11.2 Å². The van der Waals surface area contributed by atoms with E-state index >= 15 is 0 Å². The molecule has 1 unspecified atom stereocenters. The fraction of sp³-hybridized carbons (Fsp3) is 0.385. The summed E-state index contributed by atoms with van der Waals surface area (Å²) in [5.41, 5.74) is 1.18. The van der Waals surface area contributed by atoms with Gasteiger partial charge < -0.3 is 15.2 Å². The lowest BCUT2D eigenvalue weighted by Gasteiger charge is -2.12. The van der Waals surface area contributed by atoms with Gasteiger partial charge in [0.1, 0.15) is 18.5 Å². The van der Waals surface area contributed by atoms with Crippen LogP contribution in [-0.2, 0) is 0 Å². The van der Waals surface area contributed by atoms with E-state index in [0.717, 1.165) is 5.75 Å². The standard InChI is InChI=1S/C13H17NO2/c1-3-8-14-9-12(15)10-16-13-6-4-11(2)5-7-13/h1,4-7,12,14-15H,8-10H2,2H3. The predicted octanol–water partition coefficient (Wildman–Crippen LogP) is 0.958. The Bertz CT molecular complexity index is 340. The Kier molecular flexibility index (Phi) is 5.41. The summed E-state index contributed by atoms with van der Waals surface area (Å²) in [6.45, 7) is 3.18. The van der Waals surface area contributed by atoms with E-state index in [-0.39, 0.29) is 6.61 Å². The Labute approximate surface area is 96.4 Å². The number of rotatable bonds is 6. The fourth-order valence-corrected chi connectivity index (χ4v) is 1.20. The number of hydrogen-bond acceptors (Lipinski definition) is 3. The Hall–Kier alpha value is -1.50. The summed E-state index contributed by atoms with van der Waals surface area (Å²) in [5, 5.41) is 12.4. The number of aliphatic hydroxyl groups is 1. The summed E-state index contributed by atoms with van der Waals surface area (Å²) in [5.74, 6) is 3.21. The van der Waals surface area contributed by atoms with E-state index in [1.165, 1.54) is 5.56 Å². The zero-order chi connectivity index (χ0) is 11.8. The van der Waals surface area contributed by atoms with Gasteiger partial charge in [-0.3, -0.25) is 0 Å². The maximum absolute atomic E-state index is 9.54. The van der Waals surface area contributed by atoms with E-state index in [0.29, 0.717) is 13.1 Å². The van der Waals surface area contributed by atoms with Gasteiger partial charge in [0.05, 0.1) is 6.54 Å². The number of nitrogens with one attached hydrogen (secondary N) is 1. The molecular formula is C13H17NO2. The first-order valence-electron chi connectivity index (χ1n) is 5.24. The average Bonchev–Trinajstić information content (AvgIpc) is 2.29. The van der Waals surface area contributed by atoms with Crippen LogP contribution >= 0.6 is 0 Å². The molecule has 1 aromatic rings. The molecule has 0 aromatic heterocycles. The number of ether oxygens (including phenoxy) is 1. The second kappa shape index (κ2) is 6.89. The molecule has 0 saturated heterocycles. The first-order valence-corrected chi connectivity index (χ1v) is 5.24. The minimum absolute atomic E-state index is 0.265. The maximum Gasteiger partial charge on any atom is 0.119 e. The van der Waals surface area contributed by atoms with Crippen molar-refractivity contribution in [1.82, 2.24) is 5.32 Å². The first kappa shape index (κ1) is 12.6. The van der Waals surface area contributed by atoms with Crippen LogP contribution in [0, 0.1) is 19.3 Å². The van der Waals surface area contributed by atoms with Gasteiger partial charge in [-0.2, -0.15) is 0 Å². The number of aliphatic hydroxyl groups excluding tert-OH is 1. The number of terminal acetylenes is 1. The molecule has 2 N–H and O–H groups in total. The van der Waals surface area contributed by atoms with E-state index in [9.17, 15) is 5.11 Å². The molecule has 86 valence electrons. The summed E-state index contributed by atoms with van der Waals surface area (Å²) in [6.07, 6.45) is 4.52. The average molecular weight is 219 g/mol. The maximum atomic E-state index is 9.54. The number of hydrogen-bond donors (Lipinski definition) is 2. The third-order valence-electron chi connectivity index (χ3n) is 2.07. The van der Waals surface area contributed by atoms with Gasteiger partial charge >= 0.3 is 0 Å². The van der Waals surface area contributed by atoms with Gasteiger partial charge in [0, 0.05) is 6.54 Å². The molecule has 3 heteroatoms. The zero-order valence-electron chi connectivity index (χ0n) is 9.44. The van der Waals surface area contributed by atoms with Crippen molar-refractivity contribution in [3.63, 3.8) is 0 Å². The molecule has 3 nitrogen and oxygen atoms in total. The van der Waals surface area contributed by atoms with E-state index in [2.05, 4.69) is 11.2 Å². The topological polar surface area (TPSA) is 41.5 Å². The van der Waals surface area contributed by atoms with Crippen LogP contribution in [0.3, 0.4) is 0 Å². The molecule has 0 fully saturated rings. The first-order chi connectivity index (χ1) is 7.72. The van der Waals surface area contributed by atoms with Gasteiger partial charge in [-0.25, -0.2) is 0 Å². The molecule has 0 amide bonds. The second-order valence-corrected chi connectivity index (χ2v) is 3.61. The summed E-state index contributed by atoms with van der Waals surface area (Å²) < 4.78 is 5.41. The SMILES string of the molecule is C#CCNCC(O)COc1ccc(C)cc1. The van der Waals surface area contributed by atoms with Gasteiger partial charge in [0.25, 0.3) is 0 Å². The molecule has 0 aliphatic heterocycles. The van der Waals surface area contributed by atoms with Crippen molar-refractivity contribution in [3.05, 3.63) is 29.8 Å². The lowest BCUT2D eigenvalue weighted by atomic mass is 10.2. The number of benzene rings is 1. The van der Waals surface area contributed by atoms with Crippen LogP contribution in [0.15, 0.2) is 24.3 Å². The Morgan fingerprint density at radius 2 is 2.12 bits per heavy atom. The zero-order valence-corrected chi connectivity index (χ0v) is 9.44. The van der Waals surface area contributed by atoms with E-state index < -0.39 is 6.10 Å². The van der Waals surface area contributed by atoms with Gasteiger partial charge in [-0.15, -0.1) is 6.42 Å². The molecule has 0 bridgehead atoms. The van der Waals surface area contributed by atoms with Crippen molar-refractivity contribution in [3.8, 4) is 18.1 Å². The molecule has 1 aromatic carbocycles. The number of aryl methyl sites for hydroxylation is 1. The van der Waals surface area contributed by atoms with Crippen LogP contribution in [0.2, 0.25) is 0 Å². The summed E-state index contributed by atoms with van der Waals surface area (Å²) in [7, 11) is 0. The third kappa shape index (κ3) is 4.83. The van der Waals surface area contributed by atoms with Gasteiger partial charge in [0.2, 0.25) is 0 Å². The van der Waals surface area contributed by atoms with Crippen LogP contribution in [-0.4, -0.2) is 30.9 Å². The molecule has 0 aliphatic rings. The minimum Gasteiger partial charge on any atom is -0.491 e. The molecule has 1 rings (SSSR count). The Morgan fingerprint density at radius 1 is 1.44 bits per heavy atom. The highest BCUT2D eigenvalue weighted by molar-refractivity contribution is 5.26. The quantitative estimate of drug-likeness (QED) is 0.553. The van der Waals surface area contributed by atoms with E-state index in [1.54, 1.807) is 0 Å². The van der Waals surface area contributed by atoms with Crippen molar-refractivity contribution in [2.24, 2.45) is 0 Å².